The summed E-state index contributed by atoms with van der Waals surface area (Å²) in [6.07, 6.45) is 1.63. The first-order valence-corrected chi connectivity index (χ1v) is 12.7. The zero-order chi connectivity index (χ0) is 23.8. The smallest absolute Gasteiger partial charge is 0.118 e. The van der Waals surface area contributed by atoms with Gasteiger partial charge >= 0.3 is 0 Å². The highest BCUT2D eigenvalue weighted by Gasteiger charge is 2.26. The molecule has 0 fully saturated rings. The van der Waals surface area contributed by atoms with Gasteiger partial charge in [0.2, 0.25) is 0 Å². The number of ether oxygens (including phenoxy) is 1. The first kappa shape index (κ1) is 25.3. The van der Waals surface area contributed by atoms with Crippen LogP contribution in [0.3, 0.4) is 0 Å². The van der Waals surface area contributed by atoms with Crippen LogP contribution < -0.4 is 9.46 Å². The fourth-order valence-electron chi connectivity index (χ4n) is 3.35. The van der Waals surface area contributed by atoms with Crippen LogP contribution in [-0.4, -0.2) is 31.2 Å². The van der Waals surface area contributed by atoms with E-state index in [1.807, 2.05) is 36.3 Å². The largest absolute Gasteiger partial charge is 0.497 e. The summed E-state index contributed by atoms with van der Waals surface area (Å²) >= 11 is 8.69. The van der Waals surface area contributed by atoms with Gasteiger partial charge in [0.05, 0.1) is 18.9 Å². The van der Waals surface area contributed by atoms with Crippen LogP contribution >= 0.6 is 43.8 Å². The molecule has 1 aliphatic heterocycles. The van der Waals surface area contributed by atoms with Gasteiger partial charge in [-0.15, -0.1) is 0 Å². The van der Waals surface area contributed by atoms with Gasteiger partial charge in [0.15, 0.2) is 0 Å². The molecule has 0 spiro atoms. The summed E-state index contributed by atoms with van der Waals surface area (Å²) in [6, 6.07) is 23.1. The SMILES string of the molecule is CC=O.COc1ccc(C2CC(c3ccc(NSc4cc(Br)ccc4Br)cc3)=NN2C)cc1. The van der Waals surface area contributed by atoms with E-state index in [9.17, 15) is 0 Å². The van der Waals surface area contributed by atoms with Crippen LogP contribution in [0.15, 0.2) is 85.7 Å². The zero-order valence-corrected chi connectivity index (χ0v) is 22.6. The number of carbonyl (C=O) groups is 1. The van der Waals surface area contributed by atoms with Crippen molar-refractivity contribution in [1.82, 2.24) is 5.01 Å². The maximum absolute atomic E-state index is 8.81. The summed E-state index contributed by atoms with van der Waals surface area (Å²) < 4.78 is 10.8. The molecule has 172 valence electrons. The lowest BCUT2D eigenvalue weighted by Gasteiger charge is -2.19. The Morgan fingerprint density at radius 2 is 1.76 bits per heavy atom. The number of halogens is 2. The molecule has 0 saturated carbocycles. The Balaban J connectivity index is 0.000000968. The van der Waals surface area contributed by atoms with Crippen molar-refractivity contribution in [2.75, 3.05) is 18.9 Å². The lowest BCUT2D eigenvalue weighted by Crippen LogP contribution is -2.13. The number of aldehydes is 1. The Hall–Kier alpha value is -2.29. The summed E-state index contributed by atoms with van der Waals surface area (Å²) in [5.41, 5.74) is 4.55. The fraction of sp³-hybridized carbons (Fsp3) is 0.200. The van der Waals surface area contributed by atoms with Crippen molar-refractivity contribution in [1.29, 1.82) is 0 Å². The second kappa shape index (κ2) is 12.3. The minimum atomic E-state index is 0.244. The summed E-state index contributed by atoms with van der Waals surface area (Å²) in [6.45, 7) is 1.44. The highest BCUT2D eigenvalue weighted by atomic mass is 79.9. The van der Waals surface area contributed by atoms with Crippen molar-refractivity contribution in [3.05, 3.63) is 86.8 Å². The van der Waals surface area contributed by atoms with Gasteiger partial charge in [0.25, 0.3) is 0 Å². The molecule has 0 bridgehead atoms. The Morgan fingerprint density at radius 1 is 1.09 bits per heavy atom. The molecule has 1 heterocycles. The number of rotatable bonds is 6. The van der Waals surface area contributed by atoms with Crippen LogP contribution in [0.25, 0.3) is 0 Å². The fourth-order valence-corrected chi connectivity index (χ4v) is 5.07. The van der Waals surface area contributed by atoms with Crippen molar-refractivity contribution in [2.45, 2.75) is 24.3 Å². The zero-order valence-electron chi connectivity index (χ0n) is 18.6. The lowest BCUT2D eigenvalue weighted by atomic mass is 9.98. The molecule has 0 aromatic heterocycles. The minimum Gasteiger partial charge on any atom is -0.497 e. The van der Waals surface area contributed by atoms with Gasteiger partial charge in [-0.2, -0.15) is 5.10 Å². The molecule has 4 rings (SSSR count). The Kier molecular flexibility index (Phi) is 9.41. The average Bonchev–Trinajstić information content (AvgIpc) is 3.22. The molecule has 0 radical (unpaired) electrons. The molecule has 5 nitrogen and oxygen atoms in total. The van der Waals surface area contributed by atoms with E-state index in [-0.39, 0.29) is 6.04 Å². The number of benzene rings is 3. The van der Waals surface area contributed by atoms with Crippen LogP contribution in [0.1, 0.15) is 30.5 Å². The molecule has 8 heteroatoms. The third-order valence-corrected chi connectivity index (χ3v) is 7.35. The lowest BCUT2D eigenvalue weighted by molar-refractivity contribution is -0.106. The van der Waals surface area contributed by atoms with Gasteiger partial charge in [0.1, 0.15) is 12.0 Å². The van der Waals surface area contributed by atoms with E-state index in [4.69, 9.17) is 14.6 Å². The quantitative estimate of drug-likeness (QED) is 0.241. The van der Waals surface area contributed by atoms with Crippen molar-refractivity contribution in [3.8, 4) is 5.75 Å². The highest BCUT2D eigenvalue weighted by Crippen LogP contribution is 2.33. The van der Waals surface area contributed by atoms with Crippen LogP contribution in [0.2, 0.25) is 0 Å². The number of hydrogen-bond donors (Lipinski definition) is 1. The molecule has 0 amide bonds. The van der Waals surface area contributed by atoms with Crippen LogP contribution in [0, 0.1) is 0 Å². The van der Waals surface area contributed by atoms with E-state index in [1.165, 1.54) is 12.5 Å². The van der Waals surface area contributed by atoms with Crippen molar-refractivity contribution >= 4 is 61.5 Å². The van der Waals surface area contributed by atoms with Gasteiger partial charge < -0.3 is 14.3 Å². The van der Waals surface area contributed by atoms with Crippen molar-refractivity contribution in [3.63, 3.8) is 0 Å². The monoisotopic (exact) mass is 589 g/mol. The number of anilines is 1. The number of methoxy groups -OCH3 is 1. The van der Waals surface area contributed by atoms with Gasteiger partial charge in [0, 0.05) is 33.0 Å². The molecule has 0 aliphatic carbocycles. The van der Waals surface area contributed by atoms with E-state index in [1.54, 1.807) is 19.1 Å². The van der Waals surface area contributed by atoms with Crippen LogP contribution in [-0.2, 0) is 4.79 Å². The summed E-state index contributed by atoms with van der Waals surface area (Å²) in [5, 5.41) is 6.83. The molecule has 1 aliphatic rings. The molecule has 1 N–H and O–H groups in total. The Labute approximate surface area is 216 Å². The molecule has 1 atom stereocenters. The topological polar surface area (TPSA) is 53.9 Å². The van der Waals surface area contributed by atoms with E-state index >= 15 is 0 Å². The standard InChI is InChI=1S/C23H21Br2N3OS.C2H4O/c1-28-22(16-5-10-19(29-2)11-6-16)14-21(26-28)15-3-8-18(9-4-15)27-30-23-13-17(24)7-12-20(23)25;1-2-3/h3-13,22,27H,14H2,1-2H3;2H,1H3. The second-order valence-corrected chi connectivity index (χ2v) is 9.82. The maximum Gasteiger partial charge on any atom is 0.118 e. The van der Waals surface area contributed by atoms with Crippen molar-refractivity contribution < 1.29 is 9.53 Å². The Morgan fingerprint density at radius 3 is 2.39 bits per heavy atom. The van der Waals surface area contributed by atoms with Gasteiger partial charge in [-0.1, -0.05) is 40.2 Å². The van der Waals surface area contributed by atoms with E-state index in [0.717, 1.165) is 49.3 Å². The van der Waals surface area contributed by atoms with Crippen LogP contribution in [0.5, 0.6) is 5.75 Å². The normalized spacial score (nSPS) is 14.8. The first-order valence-electron chi connectivity index (χ1n) is 10.3. The van der Waals surface area contributed by atoms with E-state index < -0.39 is 0 Å². The highest BCUT2D eigenvalue weighted by molar-refractivity contribution is 9.11. The third kappa shape index (κ3) is 6.85. The molecule has 1 unspecified atom stereocenters. The van der Waals surface area contributed by atoms with Gasteiger partial charge in [-0.3, -0.25) is 5.01 Å². The average molecular weight is 591 g/mol. The predicted octanol–water partition coefficient (Wildman–Crippen LogP) is 7.33. The van der Waals surface area contributed by atoms with E-state index in [2.05, 4.69) is 79.0 Å². The third-order valence-electron chi connectivity index (χ3n) is 5.01. The summed E-state index contributed by atoms with van der Waals surface area (Å²) in [4.78, 5) is 9.93. The number of nitrogens with zero attached hydrogens (tertiary/aromatic N) is 2. The van der Waals surface area contributed by atoms with E-state index in [0.29, 0.717) is 0 Å². The maximum atomic E-state index is 8.81. The predicted molar refractivity (Wildman–Crippen MR) is 144 cm³/mol. The Bertz CT molecular complexity index is 1110. The molecule has 33 heavy (non-hydrogen) atoms. The molecular formula is C25H25Br2N3O2S. The number of hydrazone groups is 1. The second-order valence-electron chi connectivity index (χ2n) is 7.21. The van der Waals surface area contributed by atoms with Crippen molar-refractivity contribution in [2.24, 2.45) is 5.10 Å². The summed E-state index contributed by atoms with van der Waals surface area (Å²) in [5.74, 6) is 0.872. The number of nitrogens with one attached hydrogen (secondary N) is 1. The van der Waals surface area contributed by atoms with Gasteiger partial charge in [-0.05, 0) is 88.4 Å². The number of hydrogen-bond acceptors (Lipinski definition) is 6. The molecule has 0 saturated heterocycles. The molecule has 3 aromatic rings. The first-order chi connectivity index (χ1) is 15.9. The summed E-state index contributed by atoms with van der Waals surface area (Å²) in [7, 11) is 3.72. The van der Waals surface area contributed by atoms with Crippen LogP contribution in [0.4, 0.5) is 5.69 Å². The number of carbonyl (C=O) groups excluding carboxylic acids is 1. The van der Waals surface area contributed by atoms with Gasteiger partial charge in [-0.25, -0.2) is 0 Å². The minimum absolute atomic E-state index is 0.244. The molecular weight excluding hydrogens is 566 g/mol. The molecule has 3 aromatic carbocycles.